The van der Waals surface area contributed by atoms with Crippen LogP contribution in [-0.2, 0) is 29.1 Å². The molecule has 3 aromatic carbocycles. The fourth-order valence-corrected chi connectivity index (χ4v) is 6.20. The maximum atomic E-state index is 13.8. The zero-order chi connectivity index (χ0) is 30.3. The average molecular weight is 589 g/mol. The Balaban J connectivity index is 1.47. The van der Waals surface area contributed by atoms with E-state index in [0.717, 1.165) is 27.8 Å². The first-order valence-electron chi connectivity index (χ1n) is 14.1. The molecule has 4 N–H and O–H groups in total. The topological polar surface area (TPSA) is 111 Å². The minimum Gasteiger partial charge on any atom is -0.381 e. The largest absolute Gasteiger partial charge is 0.381 e. The van der Waals surface area contributed by atoms with Crippen LogP contribution in [0.1, 0.15) is 41.7 Å². The van der Waals surface area contributed by atoms with E-state index in [2.05, 4.69) is 16.0 Å². The van der Waals surface area contributed by atoms with Gasteiger partial charge in [-0.05, 0) is 56.4 Å². The van der Waals surface area contributed by atoms with Crippen molar-refractivity contribution in [2.24, 2.45) is 0 Å². The van der Waals surface area contributed by atoms with Crippen molar-refractivity contribution in [3.8, 4) is 0 Å². The summed E-state index contributed by atoms with van der Waals surface area (Å²) in [6.07, 6.45) is -1.32. The maximum absolute atomic E-state index is 13.8. The highest BCUT2D eigenvalue weighted by atomic mass is 32.2. The van der Waals surface area contributed by atoms with Crippen molar-refractivity contribution in [1.82, 2.24) is 20.9 Å². The first kappa shape index (κ1) is 31.1. The van der Waals surface area contributed by atoms with Crippen molar-refractivity contribution in [3.05, 3.63) is 107 Å². The summed E-state index contributed by atoms with van der Waals surface area (Å²) in [6.45, 7) is 8.47. The molecule has 1 fully saturated rings. The van der Waals surface area contributed by atoms with Crippen LogP contribution in [0.4, 0.5) is 4.79 Å². The van der Waals surface area contributed by atoms with Crippen molar-refractivity contribution >= 4 is 29.6 Å². The molecule has 3 atom stereocenters. The molecular weight excluding hydrogens is 548 g/mol. The van der Waals surface area contributed by atoms with Crippen molar-refractivity contribution < 1.29 is 19.5 Å². The van der Waals surface area contributed by atoms with Crippen LogP contribution < -0.4 is 16.0 Å². The summed E-state index contributed by atoms with van der Waals surface area (Å²) >= 11 is 1.48. The van der Waals surface area contributed by atoms with E-state index < -0.39 is 34.9 Å². The number of hydrogen-bond donors (Lipinski definition) is 4. The Morgan fingerprint density at radius 3 is 2.26 bits per heavy atom. The molecule has 0 radical (unpaired) electrons. The first-order chi connectivity index (χ1) is 20.0. The number of urea groups is 1. The van der Waals surface area contributed by atoms with Crippen LogP contribution >= 0.6 is 11.8 Å². The molecule has 1 aliphatic heterocycles. The molecule has 0 aromatic heterocycles. The van der Waals surface area contributed by atoms with E-state index in [1.807, 2.05) is 107 Å². The van der Waals surface area contributed by atoms with Crippen LogP contribution in [0.5, 0.6) is 0 Å². The summed E-state index contributed by atoms with van der Waals surface area (Å²) in [5, 5.41) is 20.0. The molecule has 4 rings (SSSR count). The van der Waals surface area contributed by atoms with E-state index in [0.29, 0.717) is 13.1 Å². The number of thioether (sulfide) groups is 1. The van der Waals surface area contributed by atoms with Gasteiger partial charge in [0.05, 0.1) is 11.9 Å². The molecule has 0 bridgehead atoms. The second kappa shape index (κ2) is 13.9. The smallest absolute Gasteiger partial charge is 0.315 e. The number of carbonyl (C=O) groups is 3. The van der Waals surface area contributed by atoms with E-state index in [4.69, 9.17) is 0 Å². The van der Waals surface area contributed by atoms with E-state index >= 15 is 0 Å². The summed E-state index contributed by atoms with van der Waals surface area (Å²) < 4.78 is -0.570. The lowest BCUT2D eigenvalue weighted by atomic mass is 9.97. The van der Waals surface area contributed by atoms with Crippen molar-refractivity contribution in [3.63, 3.8) is 0 Å². The molecule has 42 heavy (non-hydrogen) atoms. The highest BCUT2D eigenvalue weighted by molar-refractivity contribution is 8.00. The van der Waals surface area contributed by atoms with Crippen LogP contribution in [0.3, 0.4) is 0 Å². The quantitative estimate of drug-likeness (QED) is 0.286. The van der Waals surface area contributed by atoms with Gasteiger partial charge >= 0.3 is 6.03 Å². The fourth-order valence-electron chi connectivity index (χ4n) is 5.06. The summed E-state index contributed by atoms with van der Waals surface area (Å²) in [5.74, 6) is -0.621. The van der Waals surface area contributed by atoms with Gasteiger partial charge in [-0.15, -0.1) is 11.8 Å². The molecule has 8 nitrogen and oxygen atoms in total. The summed E-state index contributed by atoms with van der Waals surface area (Å²) in [4.78, 5) is 41.7. The Bertz CT molecular complexity index is 1380. The molecule has 0 spiro atoms. The molecular formula is C33H40N4O4S. The Morgan fingerprint density at radius 2 is 1.57 bits per heavy atom. The number of aliphatic hydroxyl groups excluding tert-OH is 1. The Morgan fingerprint density at radius 1 is 0.905 bits per heavy atom. The number of rotatable bonds is 10. The van der Waals surface area contributed by atoms with Gasteiger partial charge in [0.15, 0.2) is 6.10 Å². The van der Waals surface area contributed by atoms with Crippen molar-refractivity contribution in [2.75, 3.05) is 5.88 Å². The molecule has 222 valence electrons. The average Bonchev–Trinajstić information content (AvgIpc) is 3.30. The van der Waals surface area contributed by atoms with Crippen molar-refractivity contribution in [1.29, 1.82) is 0 Å². The van der Waals surface area contributed by atoms with Crippen molar-refractivity contribution in [2.45, 2.75) is 70.1 Å². The van der Waals surface area contributed by atoms with Gasteiger partial charge in [0, 0.05) is 17.8 Å². The molecule has 4 amide bonds. The lowest BCUT2D eigenvalue weighted by Crippen LogP contribution is -2.59. The van der Waals surface area contributed by atoms with Crippen LogP contribution in [0.2, 0.25) is 0 Å². The zero-order valence-corrected chi connectivity index (χ0v) is 25.4. The zero-order valence-electron chi connectivity index (χ0n) is 24.6. The van der Waals surface area contributed by atoms with Crippen LogP contribution in [0, 0.1) is 13.8 Å². The summed E-state index contributed by atoms with van der Waals surface area (Å²) in [7, 11) is 0. The van der Waals surface area contributed by atoms with Gasteiger partial charge in [0.2, 0.25) is 5.91 Å². The van der Waals surface area contributed by atoms with Crippen LogP contribution in [0.25, 0.3) is 0 Å². The van der Waals surface area contributed by atoms with E-state index in [1.54, 1.807) is 0 Å². The van der Waals surface area contributed by atoms with E-state index in [9.17, 15) is 19.5 Å². The standard InChI is InChI=1S/C33H40N4O4S/c1-22-14-16-25(17-15-22)19-35-32(41)36-27(18-24-11-6-5-7-12-24)28(38)31(40)37-21-42-33(3,4)29(37)30(39)34-20-26-13-9-8-10-23(26)2/h5-17,27-29,38H,18-21H2,1-4H3,(H,34,39)(H2,35,36,41)/t27-,28-,29+/m0/s1. The van der Waals surface area contributed by atoms with Gasteiger partial charge in [0.1, 0.15) is 6.04 Å². The summed E-state index contributed by atoms with van der Waals surface area (Å²) in [6, 6.07) is 22.8. The van der Waals surface area contributed by atoms with Gasteiger partial charge in [0.25, 0.3) is 5.91 Å². The van der Waals surface area contributed by atoms with E-state index in [1.165, 1.54) is 16.7 Å². The highest BCUT2D eigenvalue weighted by Gasteiger charge is 2.49. The normalized spacial score (nSPS) is 17.3. The molecule has 3 aromatic rings. The van der Waals surface area contributed by atoms with Gasteiger partial charge in [-0.1, -0.05) is 84.4 Å². The lowest BCUT2D eigenvalue weighted by molar-refractivity contribution is -0.147. The second-order valence-electron chi connectivity index (χ2n) is 11.3. The second-order valence-corrected chi connectivity index (χ2v) is 12.9. The van der Waals surface area contributed by atoms with Gasteiger partial charge in [-0.2, -0.15) is 0 Å². The number of aliphatic hydroxyl groups is 1. The number of nitrogens with zero attached hydrogens (tertiary/aromatic N) is 1. The summed E-state index contributed by atoms with van der Waals surface area (Å²) in [5.41, 5.74) is 4.98. The number of amides is 4. The minimum atomic E-state index is -1.56. The minimum absolute atomic E-state index is 0.236. The SMILES string of the molecule is Cc1ccc(CNC(=O)N[C@@H](Cc2ccccc2)[C@H](O)C(=O)N2CSC(C)(C)[C@H]2C(=O)NCc2ccccc2C)cc1. The number of hydrogen-bond acceptors (Lipinski definition) is 5. The lowest BCUT2D eigenvalue weighted by Gasteiger charge is -2.33. The Hall–Kier alpha value is -3.82. The predicted octanol–water partition coefficient (Wildman–Crippen LogP) is 4.07. The highest BCUT2D eigenvalue weighted by Crippen LogP contribution is 2.40. The number of benzene rings is 3. The third kappa shape index (κ3) is 7.92. The first-order valence-corrected chi connectivity index (χ1v) is 15.1. The fraction of sp³-hybridized carbons (Fsp3) is 0.364. The molecule has 1 aliphatic rings. The van der Waals surface area contributed by atoms with Gasteiger partial charge < -0.3 is 26.0 Å². The predicted molar refractivity (Wildman–Crippen MR) is 167 cm³/mol. The Labute approximate surface area is 252 Å². The number of carbonyl (C=O) groups excluding carboxylic acids is 3. The van der Waals surface area contributed by atoms with E-state index in [-0.39, 0.29) is 18.2 Å². The third-order valence-corrected chi connectivity index (χ3v) is 8.99. The Kier molecular flexibility index (Phi) is 10.3. The molecule has 0 unspecified atom stereocenters. The molecule has 9 heteroatoms. The monoisotopic (exact) mass is 588 g/mol. The molecule has 1 saturated heterocycles. The van der Waals surface area contributed by atoms with Crippen LogP contribution in [-0.4, -0.2) is 56.7 Å². The van der Waals surface area contributed by atoms with Crippen LogP contribution in [0.15, 0.2) is 78.9 Å². The molecule has 0 aliphatic carbocycles. The number of aryl methyl sites for hydroxylation is 2. The molecule has 0 saturated carbocycles. The van der Waals surface area contributed by atoms with Gasteiger partial charge in [-0.3, -0.25) is 9.59 Å². The molecule has 1 heterocycles. The third-order valence-electron chi connectivity index (χ3n) is 7.61. The maximum Gasteiger partial charge on any atom is 0.315 e. The van der Waals surface area contributed by atoms with Gasteiger partial charge in [-0.25, -0.2) is 4.79 Å². The number of nitrogens with one attached hydrogen (secondary N) is 3.